The van der Waals surface area contributed by atoms with E-state index in [0.717, 1.165) is 16.4 Å². The fourth-order valence-corrected chi connectivity index (χ4v) is 3.46. The summed E-state index contributed by atoms with van der Waals surface area (Å²) in [4.78, 5) is 24.9. The maximum absolute atomic E-state index is 12.5. The van der Waals surface area contributed by atoms with Crippen molar-refractivity contribution in [2.45, 2.75) is 0 Å². The van der Waals surface area contributed by atoms with Crippen LogP contribution in [0, 0.1) is 0 Å². The highest BCUT2D eigenvalue weighted by Crippen LogP contribution is 2.36. The molecule has 8 heteroatoms. The average molecular weight is 435 g/mol. The van der Waals surface area contributed by atoms with Gasteiger partial charge in [0.1, 0.15) is 22.5 Å². The molecule has 0 radical (unpaired) electrons. The standard InChI is InChI=1S/C24H21NO7/c1-28-19-10-6-8-15(23(19)30-3)24(27)31-13-22(26)25-17-12-20-16(11-21(17)29-2)14-7-4-5-9-18(14)32-20/h4-12H,13H2,1-3H3,(H,25,26). The van der Waals surface area contributed by atoms with Crippen LogP contribution in [0.2, 0.25) is 0 Å². The average Bonchev–Trinajstić information content (AvgIpc) is 3.18. The smallest absolute Gasteiger partial charge is 0.342 e. The summed E-state index contributed by atoms with van der Waals surface area (Å²) in [6.45, 7) is -0.499. The molecule has 8 nitrogen and oxygen atoms in total. The van der Waals surface area contributed by atoms with Crippen LogP contribution in [-0.4, -0.2) is 39.8 Å². The molecule has 0 aliphatic heterocycles. The summed E-state index contributed by atoms with van der Waals surface area (Å²) in [7, 11) is 4.39. The van der Waals surface area contributed by atoms with Crippen molar-refractivity contribution >= 4 is 39.5 Å². The molecule has 1 aromatic heterocycles. The molecule has 32 heavy (non-hydrogen) atoms. The Labute approximate surface area is 183 Å². The fraction of sp³-hybridized carbons (Fsp3) is 0.167. The van der Waals surface area contributed by atoms with Crippen LogP contribution in [0.5, 0.6) is 17.2 Å². The molecule has 0 aliphatic carbocycles. The Morgan fingerprint density at radius 3 is 2.38 bits per heavy atom. The Bertz CT molecular complexity index is 1310. The summed E-state index contributed by atoms with van der Waals surface area (Å²) in [5, 5.41) is 4.51. The Morgan fingerprint density at radius 1 is 0.844 bits per heavy atom. The van der Waals surface area contributed by atoms with Crippen LogP contribution >= 0.6 is 0 Å². The van der Waals surface area contributed by atoms with Crippen molar-refractivity contribution in [3.05, 3.63) is 60.2 Å². The van der Waals surface area contributed by atoms with Gasteiger partial charge in [-0.1, -0.05) is 24.3 Å². The minimum Gasteiger partial charge on any atom is -0.495 e. The Kier molecular flexibility index (Phi) is 5.85. The molecule has 4 rings (SSSR count). The zero-order valence-corrected chi connectivity index (χ0v) is 17.8. The van der Waals surface area contributed by atoms with E-state index in [0.29, 0.717) is 22.8 Å². The van der Waals surface area contributed by atoms with Gasteiger partial charge in [0.25, 0.3) is 5.91 Å². The third-order valence-corrected chi connectivity index (χ3v) is 4.93. The lowest BCUT2D eigenvalue weighted by Gasteiger charge is -2.13. The van der Waals surface area contributed by atoms with Crippen LogP contribution < -0.4 is 19.5 Å². The number of para-hydroxylation sites is 2. The normalized spacial score (nSPS) is 10.7. The predicted octanol–water partition coefficient (Wildman–Crippen LogP) is 4.41. The first-order chi connectivity index (χ1) is 15.5. The number of carbonyl (C=O) groups is 2. The third-order valence-electron chi connectivity index (χ3n) is 4.93. The highest BCUT2D eigenvalue weighted by molar-refractivity contribution is 6.08. The second kappa shape index (κ2) is 8.89. The zero-order chi connectivity index (χ0) is 22.7. The maximum atomic E-state index is 12.5. The van der Waals surface area contributed by atoms with Crippen molar-refractivity contribution in [2.75, 3.05) is 33.3 Å². The number of carbonyl (C=O) groups excluding carboxylic acids is 2. The highest BCUT2D eigenvalue weighted by Gasteiger charge is 2.20. The SMILES string of the molecule is COc1cc2c(cc1NC(=O)COC(=O)c1cccc(OC)c1OC)oc1ccccc12. The molecule has 164 valence electrons. The molecule has 0 bridgehead atoms. The number of hydrogen-bond donors (Lipinski definition) is 1. The van der Waals surface area contributed by atoms with Crippen molar-refractivity contribution < 1.29 is 33.0 Å². The molecule has 0 saturated heterocycles. The van der Waals surface area contributed by atoms with E-state index in [1.807, 2.05) is 24.3 Å². The number of hydrogen-bond acceptors (Lipinski definition) is 7. The Hall–Kier alpha value is -4.20. The van der Waals surface area contributed by atoms with Gasteiger partial charge in [0.15, 0.2) is 18.1 Å². The van der Waals surface area contributed by atoms with Gasteiger partial charge in [-0.05, 0) is 24.3 Å². The number of rotatable bonds is 7. The van der Waals surface area contributed by atoms with Gasteiger partial charge in [-0.3, -0.25) is 4.79 Å². The van der Waals surface area contributed by atoms with Gasteiger partial charge in [0.05, 0.1) is 27.0 Å². The molecule has 1 N–H and O–H groups in total. The molecular formula is C24H21NO7. The van der Waals surface area contributed by atoms with Crippen LogP contribution in [0.15, 0.2) is 59.0 Å². The number of furan rings is 1. The first-order valence-electron chi connectivity index (χ1n) is 9.73. The van der Waals surface area contributed by atoms with Crippen LogP contribution in [0.3, 0.4) is 0 Å². The second-order valence-corrected chi connectivity index (χ2v) is 6.81. The highest BCUT2D eigenvalue weighted by atomic mass is 16.5. The lowest BCUT2D eigenvalue weighted by atomic mass is 10.1. The molecule has 0 aliphatic rings. The fourth-order valence-electron chi connectivity index (χ4n) is 3.46. The van der Waals surface area contributed by atoms with E-state index in [1.165, 1.54) is 27.4 Å². The molecular weight excluding hydrogens is 414 g/mol. The van der Waals surface area contributed by atoms with Crippen LogP contribution in [-0.2, 0) is 9.53 Å². The van der Waals surface area contributed by atoms with E-state index < -0.39 is 18.5 Å². The van der Waals surface area contributed by atoms with Gasteiger partial charge in [0, 0.05) is 16.8 Å². The van der Waals surface area contributed by atoms with E-state index in [4.69, 9.17) is 23.4 Å². The molecule has 0 unspecified atom stereocenters. The molecule has 0 fully saturated rings. The number of anilines is 1. The predicted molar refractivity (Wildman–Crippen MR) is 119 cm³/mol. The first-order valence-corrected chi connectivity index (χ1v) is 9.73. The molecule has 4 aromatic rings. The van der Waals surface area contributed by atoms with Crippen molar-refractivity contribution in [3.8, 4) is 17.2 Å². The number of methoxy groups -OCH3 is 3. The minimum absolute atomic E-state index is 0.154. The van der Waals surface area contributed by atoms with Gasteiger partial charge >= 0.3 is 5.97 Å². The molecule has 1 heterocycles. The van der Waals surface area contributed by atoms with Crippen LogP contribution in [0.4, 0.5) is 5.69 Å². The topological polar surface area (TPSA) is 96.2 Å². The number of nitrogens with one attached hydrogen (secondary N) is 1. The summed E-state index contributed by atoms with van der Waals surface area (Å²) in [6.07, 6.45) is 0. The van der Waals surface area contributed by atoms with E-state index >= 15 is 0 Å². The van der Waals surface area contributed by atoms with Gasteiger partial charge in [0.2, 0.25) is 0 Å². The molecule has 0 saturated carbocycles. The first kappa shape index (κ1) is 21.0. The van der Waals surface area contributed by atoms with Crippen LogP contribution in [0.1, 0.15) is 10.4 Å². The maximum Gasteiger partial charge on any atom is 0.342 e. The number of ether oxygens (including phenoxy) is 4. The van der Waals surface area contributed by atoms with Crippen molar-refractivity contribution in [2.24, 2.45) is 0 Å². The van der Waals surface area contributed by atoms with E-state index in [9.17, 15) is 9.59 Å². The Balaban J connectivity index is 1.51. The van der Waals surface area contributed by atoms with E-state index in [1.54, 1.807) is 24.3 Å². The molecule has 0 spiro atoms. The third kappa shape index (κ3) is 3.90. The summed E-state index contributed by atoms with van der Waals surface area (Å²) in [6, 6.07) is 15.9. The quantitative estimate of drug-likeness (QED) is 0.430. The van der Waals surface area contributed by atoms with Crippen molar-refractivity contribution in [1.29, 1.82) is 0 Å². The monoisotopic (exact) mass is 435 g/mol. The second-order valence-electron chi connectivity index (χ2n) is 6.81. The number of fused-ring (bicyclic) bond motifs is 3. The summed E-state index contributed by atoms with van der Waals surface area (Å²) in [5.74, 6) is -0.171. The van der Waals surface area contributed by atoms with Gasteiger partial charge in [-0.25, -0.2) is 4.79 Å². The largest absolute Gasteiger partial charge is 0.495 e. The summed E-state index contributed by atoms with van der Waals surface area (Å²) >= 11 is 0. The number of esters is 1. The van der Waals surface area contributed by atoms with Gasteiger partial charge in [-0.2, -0.15) is 0 Å². The van der Waals surface area contributed by atoms with Gasteiger partial charge < -0.3 is 28.7 Å². The lowest BCUT2D eigenvalue weighted by Crippen LogP contribution is -2.21. The summed E-state index contributed by atoms with van der Waals surface area (Å²) < 4.78 is 26.9. The van der Waals surface area contributed by atoms with Crippen LogP contribution in [0.25, 0.3) is 21.9 Å². The molecule has 0 atom stereocenters. The lowest BCUT2D eigenvalue weighted by molar-refractivity contribution is -0.119. The van der Waals surface area contributed by atoms with Crippen molar-refractivity contribution in [1.82, 2.24) is 0 Å². The van der Waals surface area contributed by atoms with Crippen molar-refractivity contribution in [3.63, 3.8) is 0 Å². The van der Waals surface area contributed by atoms with E-state index in [2.05, 4.69) is 5.32 Å². The van der Waals surface area contributed by atoms with Gasteiger partial charge in [-0.15, -0.1) is 0 Å². The minimum atomic E-state index is -0.712. The zero-order valence-electron chi connectivity index (χ0n) is 17.8. The Morgan fingerprint density at radius 2 is 1.62 bits per heavy atom. The number of amides is 1. The molecule has 1 amide bonds. The van der Waals surface area contributed by atoms with E-state index in [-0.39, 0.29) is 11.3 Å². The number of benzene rings is 3. The summed E-state index contributed by atoms with van der Waals surface area (Å²) in [5.41, 5.74) is 1.88. The molecule has 3 aromatic carbocycles.